The molecule has 1 rings (SSSR count). The van der Waals surface area contributed by atoms with Crippen LogP contribution in [0.1, 0.15) is 0 Å². The van der Waals surface area contributed by atoms with Crippen molar-refractivity contribution in [1.82, 2.24) is 0 Å². The van der Waals surface area contributed by atoms with Crippen LogP contribution < -0.4 is 5.12 Å². The first kappa shape index (κ1) is 9.84. The average Bonchev–Trinajstić information content (AvgIpc) is 2.07. The second-order valence-corrected chi connectivity index (χ2v) is 2.22. The Kier molecular flexibility index (Phi) is 2.56. The van der Waals surface area contributed by atoms with E-state index in [2.05, 4.69) is 0 Å². The van der Waals surface area contributed by atoms with Gasteiger partial charge in [-0.3, -0.25) is 0 Å². The molecule has 0 atom stereocenters. The fraction of sp³-hybridized carbons (Fsp3) is 0. The molecule has 0 saturated heterocycles. The van der Waals surface area contributed by atoms with Crippen molar-refractivity contribution >= 4 is 5.69 Å². The number of nitrogens with zero attached hydrogens (tertiary/aromatic N) is 3. The van der Waals surface area contributed by atoms with Crippen molar-refractivity contribution in [3.05, 3.63) is 50.3 Å². The summed E-state index contributed by atoms with van der Waals surface area (Å²) < 4.78 is 12.9. The van der Waals surface area contributed by atoms with Gasteiger partial charge in [0.25, 0.3) is 0 Å². The van der Waals surface area contributed by atoms with Gasteiger partial charge in [-0.25, -0.2) is 24.6 Å². The van der Waals surface area contributed by atoms with Crippen LogP contribution >= 0.6 is 0 Å². The highest BCUT2D eigenvalue weighted by molar-refractivity contribution is 5.42. The Bertz CT molecular complexity index is 369. The van der Waals surface area contributed by atoms with E-state index >= 15 is 0 Å². The zero-order valence-electron chi connectivity index (χ0n) is 6.66. The van der Waals surface area contributed by atoms with Gasteiger partial charge in [-0.05, 0) is 12.1 Å². The molecule has 1 aromatic carbocycles. The minimum atomic E-state index is -1.31. The van der Waals surface area contributed by atoms with Crippen molar-refractivity contribution in [3.8, 4) is 0 Å². The molecule has 0 unspecified atom stereocenters. The summed E-state index contributed by atoms with van der Waals surface area (Å²) in [4.78, 5) is 20.4. The molecule has 0 aliphatic heterocycles. The van der Waals surface area contributed by atoms with Crippen molar-refractivity contribution < 1.29 is 14.5 Å². The van der Waals surface area contributed by atoms with Crippen LogP contribution in [0.4, 0.5) is 10.1 Å². The minimum Gasteiger partial charge on any atom is -0.230 e. The molecule has 0 fully saturated rings. The molecule has 0 aliphatic rings. The van der Waals surface area contributed by atoms with Crippen LogP contribution in [-0.4, -0.2) is 10.1 Å². The smallest absolute Gasteiger partial charge is 0.228 e. The molecule has 0 spiro atoms. The van der Waals surface area contributed by atoms with Crippen molar-refractivity contribution in [2.75, 3.05) is 5.12 Å². The minimum absolute atomic E-state index is 0.477. The standard InChI is InChI=1S/C6H4FN3O4/c7-5-3-1-2-4-6(5)8(9(11)12)10(13)14/h1-4H. The monoisotopic (exact) mass is 201 g/mol. The Balaban J connectivity index is 3.18. The largest absolute Gasteiger partial charge is 0.230 e. The maximum atomic E-state index is 12.9. The van der Waals surface area contributed by atoms with Gasteiger partial charge in [0.15, 0.2) is 5.82 Å². The normalized spacial score (nSPS) is 9.50. The van der Waals surface area contributed by atoms with Gasteiger partial charge in [0, 0.05) is 0 Å². The molecular weight excluding hydrogens is 197 g/mol. The van der Waals surface area contributed by atoms with E-state index in [1.54, 1.807) is 0 Å². The fourth-order valence-electron chi connectivity index (χ4n) is 0.849. The maximum Gasteiger partial charge on any atom is 0.228 e. The fourth-order valence-corrected chi connectivity index (χ4v) is 0.849. The highest BCUT2D eigenvalue weighted by atomic mass is 19.1. The number of anilines is 1. The second-order valence-electron chi connectivity index (χ2n) is 2.22. The highest BCUT2D eigenvalue weighted by Crippen LogP contribution is 2.18. The molecule has 0 aliphatic carbocycles. The van der Waals surface area contributed by atoms with Crippen LogP contribution in [0.5, 0.6) is 0 Å². The molecule has 0 aromatic heterocycles. The van der Waals surface area contributed by atoms with Crippen LogP contribution in [0, 0.1) is 26.0 Å². The SMILES string of the molecule is O=[N+]([O-])N(c1ccccc1F)[N+](=O)[O-]. The summed E-state index contributed by atoms with van der Waals surface area (Å²) in [7, 11) is 0. The first-order valence-electron chi connectivity index (χ1n) is 3.37. The number of hydrogen-bond acceptors (Lipinski definition) is 4. The molecule has 0 radical (unpaired) electrons. The van der Waals surface area contributed by atoms with E-state index in [4.69, 9.17) is 0 Å². The van der Waals surface area contributed by atoms with E-state index in [9.17, 15) is 24.6 Å². The Hall–Kier alpha value is -2.25. The van der Waals surface area contributed by atoms with Gasteiger partial charge in [0.2, 0.25) is 20.9 Å². The third-order valence-electron chi connectivity index (χ3n) is 1.38. The first-order valence-corrected chi connectivity index (χ1v) is 3.37. The van der Waals surface area contributed by atoms with Gasteiger partial charge in [-0.15, -0.1) is 0 Å². The Morgan fingerprint density at radius 3 is 2.07 bits per heavy atom. The van der Waals surface area contributed by atoms with Crippen molar-refractivity contribution in [2.24, 2.45) is 0 Å². The van der Waals surface area contributed by atoms with Crippen LogP contribution in [0.15, 0.2) is 24.3 Å². The van der Waals surface area contributed by atoms with Gasteiger partial charge in [-0.2, -0.15) is 0 Å². The molecule has 0 amide bonds. The molecule has 0 N–H and O–H groups in total. The lowest BCUT2D eigenvalue weighted by atomic mass is 10.3. The Morgan fingerprint density at radius 2 is 1.64 bits per heavy atom. The molecule has 74 valence electrons. The molecule has 0 saturated carbocycles. The number of nitro groups is 2. The average molecular weight is 201 g/mol. The second kappa shape index (κ2) is 3.64. The summed E-state index contributed by atoms with van der Waals surface area (Å²) >= 11 is 0. The van der Waals surface area contributed by atoms with Crippen molar-refractivity contribution in [2.45, 2.75) is 0 Å². The van der Waals surface area contributed by atoms with Crippen LogP contribution in [0.2, 0.25) is 0 Å². The van der Waals surface area contributed by atoms with Gasteiger partial charge in [0.05, 0.1) is 0 Å². The predicted molar refractivity (Wildman–Crippen MR) is 42.9 cm³/mol. The summed E-state index contributed by atoms with van der Waals surface area (Å²) in [6.07, 6.45) is 0. The zero-order chi connectivity index (χ0) is 10.7. The summed E-state index contributed by atoms with van der Waals surface area (Å²) in [6, 6.07) is 4.38. The summed E-state index contributed by atoms with van der Waals surface area (Å²) in [5.74, 6) is -1.03. The van der Waals surface area contributed by atoms with Crippen molar-refractivity contribution in [3.63, 3.8) is 0 Å². The topological polar surface area (TPSA) is 89.5 Å². The molecule has 0 bridgehead atoms. The summed E-state index contributed by atoms with van der Waals surface area (Å²) in [6.45, 7) is 0. The molecular formula is C6H4FN3O4. The van der Waals surface area contributed by atoms with E-state index in [1.165, 1.54) is 12.1 Å². The van der Waals surface area contributed by atoms with E-state index in [-0.39, 0.29) is 0 Å². The third-order valence-corrected chi connectivity index (χ3v) is 1.38. The number of hydrazine groups is 2. The van der Waals surface area contributed by atoms with Gasteiger partial charge in [0.1, 0.15) is 0 Å². The van der Waals surface area contributed by atoms with Crippen LogP contribution in [0.25, 0.3) is 0 Å². The quantitative estimate of drug-likeness (QED) is 0.537. The van der Waals surface area contributed by atoms with E-state index < -0.39 is 26.7 Å². The van der Waals surface area contributed by atoms with Crippen LogP contribution in [-0.2, 0) is 0 Å². The first-order chi connectivity index (χ1) is 6.54. The van der Waals surface area contributed by atoms with Gasteiger partial charge < -0.3 is 0 Å². The van der Waals surface area contributed by atoms with Crippen molar-refractivity contribution in [1.29, 1.82) is 0 Å². The molecule has 8 heteroatoms. The molecule has 0 heterocycles. The number of benzene rings is 1. The lowest BCUT2D eigenvalue weighted by Crippen LogP contribution is -2.36. The zero-order valence-corrected chi connectivity index (χ0v) is 6.66. The predicted octanol–water partition coefficient (Wildman–Crippen LogP) is 1.02. The van der Waals surface area contributed by atoms with Gasteiger partial charge >= 0.3 is 0 Å². The Labute approximate surface area is 76.6 Å². The molecule has 1 aromatic rings. The Morgan fingerprint density at radius 1 is 1.14 bits per heavy atom. The molecule has 7 nitrogen and oxygen atoms in total. The number of halogens is 1. The summed E-state index contributed by atoms with van der Waals surface area (Å²) in [5.41, 5.74) is -0.706. The number of rotatable bonds is 3. The molecule has 14 heavy (non-hydrogen) atoms. The van der Waals surface area contributed by atoms with Gasteiger partial charge in [-0.1, -0.05) is 12.1 Å². The summed E-state index contributed by atoms with van der Waals surface area (Å²) in [5, 5.41) is 17.3. The van der Waals surface area contributed by atoms with Crippen LogP contribution in [0.3, 0.4) is 0 Å². The maximum absolute atomic E-state index is 12.9. The number of hydrogen-bond donors (Lipinski definition) is 0. The lowest BCUT2D eigenvalue weighted by Gasteiger charge is -2.03. The number of para-hydroxylation sites is 1. The van der Waals surface area contributed by atoms with E-state index in [0.29, 0.717) is 0 Å². The van der Waals surface area contributed by atoms with E-state index in [0.717, 1.165) is 12.1 Å². The van der Waals surface area contributed by atoms with E-state index in [1.807, 2.05) is 0 Å². The highest BCUT2D eigenvalue weighted by Gasteiger charge is 2.32. The lowest BCUT2D eigenvalue weighted by molar-refractivity contribution is -0.712. The third kappa shape index (κ3) is 1.73.